The van der Waals surface area contributed by atoms with Gasteiger partial charge >= 0.3 is 11.9 Å². The molecule has 1 aromatic heterocycles. The summed E-state index contributed by atoms with van der Waals surface area (Å²) in [5.41, 5.74) is 0.709. The van der Waals surface area contributed by atoms with E-state index < -0.39 is 30.3 Å². The summed E-state index contributed by atoms with van der Waals surface area (Å²) >= 11 is 5.96. The minimum Gasteiger partial charge on any atom is -0.481 e. The minimum atomic E-state index is -1.52. The smallest absolute Gasteiger partial charge is 0.327 e. The first-order chi connectivity index (χ1) is 10.4. The number of aromatic nitrogens is 1. The van der Waals surface area contributed by atoms with Crippen LogP contribution in [0.1, 0.15) is 12.0 Å². The number of hydrogen-bond donors (Lipinski definition) is 2. The second-order valence-corrected chi connectivity index (χ2v) is 5.96. The molecular weight excluding hydrogens is 328 g/mol. The number of pyridine rings is 1. The average Bonchev–Trinajstić information content (AvgIpc) is 2.72. The molecule has 2 heterocycles. The van der Waals surface area contributed by atoms with Gasteiger partial charge in [-0.2, -0.15) is 0 Å². The number of carbonyl (C=O) groups excluding carboxylic acids is 1. The molecule has 2 N–H and O–H groups in total. The monoisotopic (exact) mass is 338 g/mol. The SMILES string of the molecule is O=C(O)C[C@@H](C(=O)O)N1C(=O)/C(=C\c2ccncc2)SC1=S. The summed E-state index contributed by atoms with van der Waals surface area (Å²) < 4.78 is 0.0268. The zero-order chi connectivity index (χ0) is 16.3. The predicted molar refractivity (Wildman–Crippen MR) is 82.9 cm³/mol. The van der Waals surface area contributed by atoms with Gasteiger partial charge in [-0.25, -0.2) is 4.79 Å². The van der Waals surface area contributed by atoms with Crippen molar-refractivity contribution in [2.45, 2.75) is 12.5 Å². The number of rotatable bonds is 5. The van der Waals surface area contributed by atoms with Crippen LogP contribution in [-0.2, 0) is 14.4 Å². The molecule has 9 heteroatoms. The molecule has 0 aliphatic carbocycles. The maximum absolute atomic E-state index is 12.3. The lowest BCUT2D eigenvalue weighted by molar-refractivity contribution is -0.150. The van der Waals surface area contributed by atoms with E-state index in [4.69, 9.17) is 22.4 Å². The van der Waals surface area contributed by atoms with Crippen LogP contribution in [0.25, 0.3) is 6.08 Å². The Balaban J connectivity index is 2.30. The number of nitrogens with zero attached hydrogens (tertiary/aromatic N) is 2. The fourth-order valence-corrected chi connectivity index (χ4v) is 3.17. The van der Waals surface area contributed by atoms with Crippen molar-refractivity contribution < 1.29 is 24.6 Å². The van der Waals surface area contributed by atoms with Crippen molar-refractivity contribution in [2.75, 3.05) is 0 Å². The third-order valence-electron chi connectivity index (χ3n) is 2.79. The van der Waals surface area contributed by atoms with Crippen molar-refractivity contribution in [2.24, 2.45) is 0 Å². The lowest BCUT2D eigenvalue weighted by Gasteiger charge is -2.21. The third kappa shape index (κ3) is 3.49. The van der Waals surface area contributed by atoms with Gasteiger partial charge in [0.25, 0.3) is 5.91 Å². The van der Waals surface area contributed by atoms with E-state index in [-0.39, 0.29) is 9.23 Å². The van der Waals surface area contributed by atoms with Crippen LogP contribution in [0.2, 0.25) is 0 Å². The fourth-order valence-electron chi connectivity index (χ4n) is 1.81. The fraction of sp³-hybridized carbons (Fsp3) is 0.154. The topological polar surface area (TPSA) is 108 Å². The molecule has 1 atom stereocenters. The van der Waals surface area contributed by atoms with Crippen LogP contribution in [0.4, 0.5) is 0 Å². The Morgan fingerprint density at radius 1 is 1.36 bits per heavy atom. The van der Waals surface area contributed by atoms with Gasteiger partial charge in [0.2, 0.25) is 0 Å². The van der Waals surface area contributed by atoms with Gasteiger partial charge in [0.05, 0.1) is 11.3 Å². The highest BCUT2D eigenvalue weighted by Gasteiger charge is 2.41. The number of thiocarbonyl (C=S) groups is 1. The Labute approximate surface area is 134 Å². The molecule has 0 unspecified atom stereocenters. The molecule has 114 valence electrons. The van der Waals surface area contributed by atoms with E-state index in [9.17, 15) is 14.4 Å². The van der Waals surface area contributed by atoms with Gasteiger partial charge in [-0.15, -0.1) is 0 Å². The normalized spacial score (nSPS) is 17.8. The molecule has 7 nitrogen and oxygen atoms in total. The molecule has 1 amide bonds. The Kier molecular flexibility index (Phi) is 4.88. The summed E-state index contributed by atoms with van der Waals surface area (Å²) in [4.78, 5) is 39.3. The van der Waals surface area contributed by atoms with Gasteiger partial charge in [-0.3, -0.25) is 19.5 Å². The second kappa shape index (κ2) is 6.67. The minimum absolute atomic E-state index is 0.0268. The van der Waals surface area contributed by atoms with Crippen molar-refractivity contribution in [1.82, 2.24) is 9.88 Å². The summed E-state index contributed by atoms with van der Waals surface area (Å²) in [7, 11) is 0. The van der Waals surface area contributed by atoms with E-state index in [1.54, 1.807) is 30.6 Å². The number of carboxylic acids is 2. The Morgan fingerprint density at radius 3 is 2.55 bits per heavy atom. The van der Waals surface area contributed by atoms with Crippen molar-refractivity contribution >= 4 is 52.2 Å². The lowest BCUT2D eigenvalue weighted by Crippen LogP contribution is -2.45. The highest BCUT2D eigenvalue weighted by molar-refractivity contribution is 8.26. The third-order valence-corrected chi connectivity index (χ3v) is 4.12. The van der Waals surface area contributed by atoms with E-state index in [0.29, 0.717) is 5.56 Å². The maximum atomic E-state index is 12.3. The molecule has 0 saturated carbocycles. The highest BCUT2D eigenvalue weighted by Crippen LogP contribution is 2.34. The van der Waals surface area contributed by atoms with Gasteiger partial charge in [0.15, 0.2) is 0 Å². The number of aliphatic carboxylic acids is 2. The molecule has 0 bridgehead atoms. The molecule has 22 heavy (non-hydrogen) atoms. The average molecular weight is 338 g/mol. The van der Waals surface area contributed by atoms with Crippen molar-refractivity contribution in [3.05, 3.63) is 35.0 Å². The second-order valence-electron chi connectivity index (χ2n) is 4.28. The first-order valence-electron chi connectivity index (χ1n) is 6.02. The maximum Gasteiger partial charge on any atom is 0.327 e. The van der Waals surface area contributed by atoms with Gasteiger partial charge in [-0.05, 0) is 23.8 Å². The van der Waals surface area contributed by atoms with Crippen molar-refractivity contribution in [3.63, 3.8) is 0 Å². The Bertz CT molecular complexity index is 674. The first kappa shape index (κ1) is 16.1. The van der Waals surface area contributed by atoms with Crippen LogP contribution >= 0.6 is 24.0 Å². The molecule has 1 aliphatic heterocycles. The van der Waals surface area contributed by atoms with E-state index in [0.717, 1.165) is 16.7 Å². The lowest BCUT2D eigenvalue weighted by atomic mass is 10.1. The highest BCUT2D eigenvalue weighted by atomic mass is 32.2. The number of thioether (sulfide) groups is 1. The van der Waals surface area contributed by atoms with E-state index in [2.05, 4.69) is 4.98 Å². The van der Waals surface area contributed by atoms with Crippen LogP contribution in [0.5, 0.6) is 0 Å². The molecule has 0 radical (unpaired) electrons. The molecule has 0 aromatic carbocycles. The molecule has 1 fully saturated rings. The quantitative estimate of drug-likeness (QED) is 0.609. The summed E-state index contributed by atoms with van der Waals surface area (Å²) in [5.74, 6) is -3.34. The van der Waals surface area contributed by atoms with Crippen molar-refractivity contribution in [1.29, 1.82) is 0 Å². The molecule has 2 rings (SSSR count). The van der Waals surface area contributed by atoms with Crippen LogP contribution in [0.3, 0.4) is 0 Å². The molecule has 1 saturated heterocycles. The number of amides is 1. The molecule has 0 spiro atoms. The standard InChI is InChI=1S/C13H10N2O5S2/c16-10(17)6-8(12(19)20)15-11(18)9(22-13(15)21)5-7-1-3-14-4-2-7/h1-5,8H,6H2,(H,16,17)(H,19,20)/b9-5+/t8-/m0/s1. The molecule has 1 aromatic rings. The summed E-state index contributed by atoms with van der Waals surface area (Å²) in [5, 5.41) is 17.9. The first-order valence-corrected chi connectivity index (χ1v) is 7.24. The van der Waals surface area contributed by atoms with E-state index >= 15 is 0 Å². The van der Waals surface area contributed by atoms with Crippen LogP contribution in [-0.4, -0.2) is 48.3 Å². The van der Waals surface area contributed by atoms with Gasteiger partial charge in [0.1, 0.15) is 10.4 Å². The van der Waals surface area contributed by atoms with Gasteiger partial charge < -0.3 is 10.2 Å². The Hall–Kier alpha value is -2.26. The van der Waals surface area contributed by atoms with Crippen LogP contribution in [0, 0.1) is 0 Å². The number of hydrogen-bond acceptors (Lipinski definition) is 6. The van der Waals surface area contributed by atoms with Crippen LogP contribution in [0.15, 0.2) is 29.4 Å². The Morgan fingerprint density at radius 2 is 2.00 bits per heavy atom. The largest absolute Gasteiger partial charge is 0.481 e. The molecular formula is C13H10N2O5S2. The van der Waals surface area contributed by atoms with Gasteiger partial charge in [-0.1, -0.05) is 24.0 Å². The van der Waals surface area contributed by atoms with Crippen LogP contribution < -0.4 is 0 Å². The summed E-state index contributed by atoms with van der Waals surface area (Å²) in [6, 6.07) is 1.84. The van der Waals surface area contributed by atoms with Gasteiger partial charge in [0, 0.05) is 12.4 Å². The number of carboxylic acid groups (broad SMARTS) is 2. The predicted octanol–water partition coefficient (Wildman–Crippen LogP) is 1.21. The zero-order valence-corrected chi connectivity index (χ0v) is 12.6. The summed E-state index contributed by atoms with van der Waals surface area (Å²) in [6.07, 6.45) is 3.94. The van der Waals surface area contributed by atoms with E-state index in [1.807, 2.05) is 0 Å². The zero-order valence-electron chi connectivity index (χ0n) is 11.0. The van der Waals surface area contributed by atoms with Crippen molar-refractivity contribution in [3.8, 4) is 0 Å². The molecule has 1 aliphatic rings. The number of carbonyl (C=O) groups is 3. The summed E-state index contributed by atoms with van der Waals surface area (Å²) in [6.45, 7) is 0. The van der Waals surface area contributed by atoms with E-state index in [1.165, 1.54) is 0 Å².